The highest BCUT2D eigenvalue weighted by Gasteiger charge is 2.71. The lowest BCUT2D eigenvalue weighted by molar-refractivity contribution is -0.376. The number of carbonyl (C=O) groups excluding carboxylic acids is 1. The van der Waals surface area contributed by atoms with Crippen molar-refractivity contribution < 1.29 is 53.8 Å². The average molecular weight is 598 g/mol. The fourth-order valence-electron chi connectivity index (χ4n) is 4.55. The summed E-state index contributed by atoms with van der Waals surface area (Å²) in [6.45, 7) is 0. The third kappa shape index (κ3) is 5.26. The Labute approximate surface area is 222 Å². The van der Waals surface area contributed by atoms with Gasteiger partial charge in [0.15, 0.2) is 6.23 Å². The summed E-state index contributed by atoms with van der Waals surface area (Å²) in [5, 5.41) is 13.6. The van der Waals surface area contributed by atoms with Crippen LogP contribution >= 0.6 is 0 Å². The van der Waals surface area contributed by atoms with E-state index in [4.69, 9.17) is 10.5 Å². The van der Waals surface area contributed by atoms with Crippen molar-refractivity contribution in [2.75, 3.05) is 4.31 Å². The lowest BCUT2D eigenvalue weighted by Gasteiger charge is -2.40. The number of nitrogens with one attached hydrogen (secondary N) is 1. The first-order valence-corrected chi connectivity index (χ1v) is 13.0. The predicted molar refractivity (Wildman–Crippen MR) is 124 cm³/mol. The molecule has 0 radical (unpaired) electrons. The molecule has 0 saturated carbocycles. The van der Waals surface area contributed by atoms with Gasteiger partial charge in [-0.05, 0) is 48.7 Å². The summed E-state index contributed by atoms with van der Waals surface area (Å²) in [7, 11) is -4.56. The summed E-state index contributed by atoms with van der Waals surface area (Å²) in [5.41, 5.74) is 0.481. The van der Waals surface area contributed by atoms with Crippen molar-refractivity contribution in [1.29, 1.82) is 0 Å². The number of amides is 1. The number of nitrogens with two attached hydrogens (primary N) is 1. The zero-order valence-corrected chi connectivity index (χ0v) is 20.9. The molecule has 2 aliphatic rings. The van der Waals surface area contributed by atoms with E-state index in [0.29, 0.717) is 12.1 Å². The Morgan fingerprint density at radius 2 is 1.73 bits per heavy atom. The second-order valence-corrected chi connectivity index (χ2v) is 10.9. The van der Waals surface area contributed by atoms with Crippen LogP contribution in [0.15, 0.2) is 52.5 Å². The van der Waals surface area contributed by atoms with E-state index in [-0.39, 0.29) is 42.8 Å². The fourth-order valence-corrected chi connectivity index (χ4v) is 6.28. The number of hydrogen-bond acceptors (Lipinski definition) is 7. The molecule has 1 amide bonds. The lowest BCUT2D eigenvalue weighted by Crippen LogP contribution is -2.54. The Hall–Kier alpha value is -3.60. The summed E-state index contributed by atoms with van der Waals surface area (Å²) in [4.78, 5) is 10.7. The first-order valence-electron chi connectivity index (χ1n) is 11.5. The third-order valence-electron chi connectivity index (χ3n) is 6.43. The largest absolute Gasteiger partial charge is 0.454 e. The molecular weight excluding hydrogens is 577 g/mol. The van der Waals surface area contributed by atoms with Crippen LogP contribution in [-0.2, 0) is 31.6 Å². The zero-order valence-electron chi connectivity index (χ0n) is 20.1. The minimum absolute atomic E-state index is 0.0649. The number of hydrazone groups is 1. The molecule has 0 saturated heterocycles. The molecule has 4 N–H and O–H groups in total. The van der Waals surface area contributed by atoms with Gasteiger partial charge in [0.05, 0.1) is 16.6 Å². The number of alkyl halides is 6. The molecule has 0 fully saturated rings. The summed E-state index contributed by atoms with van der Waals surface area (Å²) >= 11 is 0. The van der Waals surface area contributed by atoms with Gasteiger partial charge in [0.2, 0.25) is 11.8 Å². The van der Waals surface area contributed by atoms with Gasteiger partial charge < -0.3 is 15.6 Å². The number of primary amides is 1. The number of hydrogen-bond donors (Lipinski definition) is 3. The average Bonchev–Trinajstić information content (AvgIpc) is 3.27. The molecule has 40 heavy (non-hydrogen) atoms. The standard InChI is InChI=1S/C23H21F7N4O5S/c24-14-3-6-16(7-4-14)40(37,38)34-15(10-19-32-33-20(39-19)11-18(31)35)5-1-12-9-13(2-8-17(12)34)21(36,22(25,26)27)23(28,29)30/h2-4,6-9,15,19,32,36H,1,5,10-11H2,(H2,31,35)/t15-,19?/m0/s1. The maximum absolute atomic E-state index is 13.7. The summed E-state index contributed by atoms with van der Waals surface area (Å²) in [6, 6.07) is 4.24. The van der Waals surface area contributed by atoms with E-state index in [0.717, 1.165) is 34.6 Å². The topological polar surface area (TPSA) is 134 Å². The van der Waals surface area contributed by atoms with Gasteiger partial charge >= 0.3 is 12.4 Å². The van der Waals surface area contributed by atoms with Crippen LogP contribution in [0.25, 0.3) is 0 Å². The van der Waals surface area contributed by atoms with Crippen molar-refractivity contribution in [2.45, 2.75) is 60.8 Å². The predicted octanol–water partition coefficient (Wildman–Crippen LogP) is 3.17. The molecule has 2 heterocycles. The highest BCUT2D eigenvalue weighted by molar-refractivity contribution is 7.92. The fraction of sp³-hybridized carbons (Fsp3) is 0.391. The van der Waals surface area contributed by atoms with Crippen molar-refractivity contribution in [3.05, 3.63) is 59.4 Å². The van der Waals surface area contributed by atoms with Crippen LogP contribution in [0.4, 0.5) is 36.4 Å². The number of anilines is 1. The summed E-state index contributed by atoms with van der Waals surface area (Å²) < 4.78 is 128. The van der Waals surface area contributed by atoms with Crippen LogP contribution in [-0.4, -0.2) is 50.0 Å². The Bertz CT molecular complexity index is 1410. The summed E-state index contributed by atoms with van der Waals surface area (Å²) in [5.74, 6) is -1.56. The van der Waals surface area contributed by atoms with Gasteiger partial charge in [-0.15, -0.1) is 5.10 Å². The van der Waals surface area contributed by atoms with Gasteiger partial charge in [0, 0.05) is 12.0 Å². The second-order valence-electron chi connectivity index (χ2n) is 9.12. The maximum Gasteiger partial charge on any atom is 0.430 e. The van der Waals surface area contributed by atoms with Crippen molar-refractivity contribution in [2.24, 2.45) is 10.8 Å². The monoisotopic (exact) mass is 598 g/mol. The molecule has 4 rings (SSSR count). The van der Waals surface area contributed by atoms with Gasteiger partial charge in [-0.3, -0.25) is 14.5 Å². The Morgan fingerprint density at radius 3 is 2.30 bits per heavy atom. The maximum atomic E-state index is 13.7. The van der Waals surface area contributed by atoms with Crippen LogP contribution in [0.5, 0.6) is 0 Å². The Kier molecular flexibility index (Phi) is 7.42. The second kappa shape index (κ2) is 10.1. The van der Waals surface area contributed by atoms with Crippen molar-refractivity contribution >= 4 is 27.5 Å². The van der Waals surface area contributed by atoms with E-state index in [1.807, 2.05) is 0 Å². The molecule has 9 nitrogen and oxygen atoms in total. The number of carbonyl (C=O) groups is 1. The molecule has 0 aromatic heterocycles. The number of aryl methyl sites for hydroxylation is 1. The number of benzene rings is 2. The number of aliphatic hydroxyl groups is 1. The first-order chi connectivity index (χ1) is 18.4. The minimum atomic E-state index is -6.13. The molecular formula is C23H21F7N4O5S. The molecule has 2 aromatic rings. The van der Waals surface area contributed by atoms with Gasteiger partial charge in [-0.1, -0.05) is 12.1 Å². The van der Waals surface area contributed by atoms with Crippen molar-refractivity contribution in [1.82, 2.24) is 5.43 Å². The molecule has 0 bridgehead atoms. The van der Waals surface area contributed by atoms with Gasteiger partial charge in [0.25, 0.3) is 15.6 Å². The molecule has 2 atom stereocenters. The molecule has 218 valence electrons. The SMILES string of the molecule is NC(=O)CC1=NNC(C[C@@H]2CCc3cc(C(O)(C(F)(F)F)C(F)(F)F)ccc3N2S(=O)(=O)c2ccc(F)cc2)O1. The Balaban J connectivity index is 1.77. The number of sulfonamides is 1. The van der Waals surface area contributed by atoms with Crippen LogP contribution < -0.4 is 15.5 Å². The minimum Gasteiger partial charge on any atom is -0.454 e. The van der Waals surface area contributed by atoms with E-state index < -0.39 is 62.4 Å². The first kappa shape index (κ1) is 29.4. The quantitative estimate of drug-likeness (QED) is 0.420. The van der Waals surface area contributed by atoms with E-state index in [2.05, 4.69) is 10.5 Å². The molecule has 17 heteroatoms. The highest BCUT2D eigenvalue weighted by Crippen LogP contribution is 2.51. The zero-order chi connectivity index (χ0) is 29.7. The van der Waals surface area contributed by atoms with E-state index in [9.17, 15) is 49.1 Å². The van der Waals surface area contributed by atoms with E-state index in [1.54, 1.807) is 0 Å². The third-order valence-corrected chi connectivity index (χ3v) is 8.31. The van der Waals surface area contributed by atoms with Crippen LogP contribution in [0.1, 0.15) is 30.4 Å². The number of halogens is 7. The van der Waals surface area contributed by atoms with Crippen LogP contribution in [0.3, 0.4) is 0 Å². The highest BCUT2D eigenvalue weighted by atomic mass is 32.2. The smallest absolute Gasteiger partial charge is 0.430 e. The van der Waals surface area contributed by atoms with E-state index in [1.165, 1.54) is 0 Å². The summed E-state index contributed by atoms with van der Waals surface area (Å²) in [6.07, 6.45) is -14.0. The molecule has 0 aliphatic carbocycles. The Morgan fingerprint density at radius 1 is 1.10 bits per heavy atom. The van der Waals surface area contributed by atoms with Crippen LogP contribution in [0.2, 0.25) is 0 Å². The van der Waals surface area contributed by atoms with E-state index >= 15 is 0 Å². The van der Waals surface area contributed by atoms with Crippen molar-refractivity contribution in [3.63, 3.8) is 0 Å². The number of nitrogens with zero attached hydrogens (tertiary/aromatic N) is 2. The molecule has 0 spiro atoms. The van der Waals surface area contributed by atoms with Gasteiger partial charge in [-0.25, -0.2) is 12.8 Å². The van der Waals surface area contributed by atoms with Crippen molar-refractivity contribution in [3.8, 4) is 0 Å². The van der Waals surface area contributed by atoms with Crippen LogP contribution in [0, 0.1) is 5.82 Å². The molecule has 2 aliphatic heterocycles. The number of ether oxygens (including phenoxy) is 1. The molecule has 1 unspecified atom stereocenters. The molecule has 2 aromatic carbocycles. The lowest BCUT2D eigenvalue weighted by atomic mass is 9.87. The normalized spacial score (nSPS) is 19.9. The van der Waals surface area contributed by atoms with Gasteiger partial charge in [-0.2, -0.15) is 26.3 Å². The number of rotatable bonds is 7. The van der Waals surface area contributed by atoms with Gasteiger partial charge in [0.1, 0.15) is 12.2 Å². The number of fused-ring (bicyclic) bond motifs is 1.